The Morgan fingerprint density at radius 1 is 1.41 bits per heavy atom. The highest BCUT2D eigenvalue weighted by molar-refractivity contribution is 7.09. The van der Waals surface area contributed by atoms with Crippen molar-refractivity contribution in [3.8, 4) is 0 Å². The Hall–Kier alpha value is -1.79. The molecule has 0 aliphatic heterocycles. The summed E-state index contributed by atoms with van der Waals surface area (Å²) in [4.78, 5) is 16.8. The van der Waals surface area contributed by atoms with Crippen LogP contribution in [0.2, 0.25) is 0 Å². The molecular weight excluding hydrogens is 301 g/mol. The summed E-state index contributed by atoms with van der Waals surface area (Å²) >= 11 is 1.58. The number of hydrogen-bond donors (Lipinski definition) is 2. The van der Waals surface area contributed by atoms with Gasteiger partial charge in [-0.15, -0.1) is 11.3 Å². The summed E-state index contributed by atoms with van der Waals surface area (Å²) in [5.74, 6) is -0.500. The van der Waals surface area contributed by atoms with Gasteiger partial charge in [-0.1, -0.05) is 18.2 Å². The molecule has 1 amide bonds. The molecule has 0 fully saturated rings. The molecule has 0 radical (unpaired) electrons. The van der Waals surface area contributed by atoms with Crippen molar-refractivity contribution in [2.45, 2.75) is 39.4 Å². The van der Waals surface area contributed by atoms with Crippen molar-refractivity contribution < 1.29 is 9.18 Å². The zero-order chi connectivity index (χ0) is 16.1. The second-order valence-electron chi connectivity index (χ2n) is 5.23. The summed E-state index contributed by atoms with van der Waals surface area (Å²) in [5, 5.41) is 6.17. The van der Waals surface area contributed by atoms with Crippen LogP contribution in [-0.4, -0.2) is 16.9 Å². The van der Waals surface area contributed by atoms with Gasteiger partial charge < -0.3 is 10.6 Å². The fraction of sp³-hybridized carbons (Fsp3) is 0.375. The predicted octanol–water partition coefficient (Wildman–Crippen LogP) is 2.95. The van der Waals surface area contributed by atoms with E-state index in [2.05, 4.69) is 15.6 Å². The molecule has 0 spiro atoms. The van der Waals surface area contributed by atoms with E-state index in [0.717, 1.165) is 10.6 Å². The van der Waals surface area contributed by atoms with Crippen molar-refractivity contribution in [2.24, 2.45) is 0 Å². The second-order valence-corrected chi connectivity index (χ2v) is 6.17. The van der Waals surface area contributed by atoms with E-state index in [1.807, 2.05) is 13.8 Å². The number of carbonyl (C=O) groups is 1. The number of halogens is 1. The Bertz CT molecular complexity index is 644. The first-order chi connectivity index (χ1) is 10.5. The molecule has 118 valence electrons. The maximum absolute atomic E-state index is 14.0. The molecule has 6 heteroatoms. The number of carbonyl (C=O) groups excluding carboxylic acids is 1. The zero-order valence-corrected chi connectivity index (χ0v) is 13.7. The van der Waals surface area contributed by atoms with Crippen LogP contribution < -0.4 is 10.6 Å². The van der Waals surface area contributed by atoms with Crippen molar-refractivity contribution in [1.29, 1.82) is 0 Å². The van der Waals surface area contributed by atoms with E-state index in [0.29, 0.717) is 12.1 Å². The number of amides is 1. The highest BCUT2D eigenvalue weighted by atomic mass is 32.1. The summed E-state index contributed by atoms with van der Waals surface area (Å²) in [6, 6.07) is 5.97. The van der Waals surface area contributed by atoms with Crippen molar-refractivity contribution in [2.75, 3.05) is 0 Å². The number of nitrogens with one attached hydrogen (secondary N) is 2. The third-order valence-corrected chi connectivity index (χ3v) is 4.46. The van der Waals surface area contributed by atoms with Gasteiger partial charge >= 0.3 is 0 Å². The lowest BCUT2D eigenvalue weighted by Crippen LogP contribution is -2.41. The van der Waals surface area contributed by atoms with Gasteiger partial charge in [0.15, 0.2) is 0 Å². The number of hydrogen-bond acceptors (Lipinski definition) is 4. The molecule has 1 aromatic heterocycles. The summed E-state index contributed by atoms with van der Waals surface area (Å²) in [6.45, 7) is 5.97. The van der Waals surface area contributed by atoms with E-state index >= 15 is 0 Å². The molecule has 1 heterocycles. The minimum absolute atomic E-state index is 0.123. The number of thiazole rings is 1. The van der Waals surface area contributed by atoms with Crippen molar-refractivity contribution >= 4 is 17.2 Å². The van der Waals surface area contributed by atoms with Gasteiger partial charge in [0, 0.05) is 30.0 Å². The van der Waals surface area contributed by atoms with Crippen molar-refractivity contribution in [3.05, 3.63) is 51.7 Å². The SMILES string of the molecule is CC(=O)N[C@H](c1ccccc1F)[C@@H](C)NCc1scnc1C. The maximum Gasteiger partial charge on any atom is 0.217 e. The van der Waals surface area contributed by atoms with E-state index in [1.54, 1.807) is 35.0 Å². The maximum atomic E-state index is 14.0. The average Bonchev–Trinajstić information content (AvgIpc) is 2.88. The first-order valence-electron chi connectivity index (χ1n) is 7.13. The monoisotopic (exact) mass is 321 g/mol. The van der Waals surface area contributed by atoms with Gasteiger partial charge in [0.05, 0.1) is 17.2 Å². The molecule has 2 rings (SSSR count). The lowest BCUT2D eigenvalue weighted by Gasteiger charge is -2.26. The fourth-order valence-electron chi connectivity index (χ4n) is 2.29. The third-order valence-electron chi connectivity index (χ3n) is 3.53. The molecule has 0 saturated carbocycles. The number of nitrogens with zero attached hydrogens (tertiary/aromatic N) is 1. The summed E-state index contributed by atoms with van der Waals surface area (Å²) in [7, 11) is 0. The van der Waals surface area contributed by atoms with Crippen LogP contribution in [0, 0.1) is 12.7 Å². The van der Waals surface area contributed by atoms with E-state index in [4.69, 9.17) is 0 Å². The van der Waals surface area contributed by atoms with E-state index < -0.39 is 6.04 Å². The van der Waals surface area contributed by atoms with Gasteiger partial charge in [-0.2, -0.15) is 0 Å². The zero-order valence-electron chi connectivity index (χ0n) is 12.9. The summed E-state index contributed by atoms with van der Waals surface area (Å²) in [6.07, 6.45) is 0. The topological polar surface area (TPSA) is 54.0 Å². The summed E-state index contributed by atoms with van der Waals surface area (Å²) < 4.78 is 14.0. The predicted molar refractivity (Wildman–Crippen MR) is 86.1 cm³/mol. The molecular formula is C16H20FN3OS. The third kappa shape index (κ3) is 4.11. The largest absolute Gasteiger partial charge is 0.348 e. The van der Waals surface area contributed by atoms with Crippen molar-refractivity contribution in [3.63, 3.8) is 0 Å². The van der Waals surface area contributed by atoms with E-state index in [-0.39, 0.29) is 17.8 Å². The highest BCUT2D eigenvalue weighted by Crippen LogP contribution is 2.21. The molecule has 2 atom stereocenters. The van der Waals surface area contributed by atoms with Crippen LogP contribution in [-0.2, 0) is 11.3 Å². The molecule has 22 heavy (non-hydrogen) atoms. The minimum atomic E-state index is -0.424. The van der Waals surface area contributed by atoms with Gasteiger partial charge in [-0.25, -0.2) is 9.37 Å². The molecule has 0 aliphatic carbocycles. The van der Waals surface area contributed by atoms with Crippen LogP contribution in [0.3, 0.4) is 0 Å². The molecule has 4 nitrogen and oxygen atoms in total. The molecule has 2 aromatic rings. The first kappa shape index (κ1) is 16.6. The molecule has 0 unspecified atom stereocenters. The molecule has 0 bridgehead atoms. The number of aromatic nitrogens is 1. The van der Waals surface area contributed by atoms with Gasteiger partial charge in [-0.3, -0.25) is 4.79 Å². The Labute approximate surface area is 133 Å². The summed E-state index contributed by atoms with van der Waals surface area (Å²) in [5.41, 5.74) is 3.28. The standard InChI is InChI=1S/C16H20FN3OS/c1-10-15(22-9-19-10)8-18-11(2)16(20-12(3)21)13-6-4-5-7-14(13)17/h4-7,9,11,16,18H,8H2,1-3H3,(H,20,21)/t11-,16+/m1/s1. The van der Waals surface area contributed by atoms with Crippen LogP contribution in [0.1, 0.15) is 36.0 Å². The molecule has 2 N–H and O–H groups in total. The quantitative estimate of drug-likeness (QED) is 0.860. The Kier molecular flexibility index (Phi) is 5.63. The second kappa shape index (κ2) is 7.47. The molecule has 1 aromatic carbocycles. The highest BCUT2D eigenvalue weighted by Gasteiger charge is 2.23. The Morgan fingerprint density at radius 2 is 2.14 bits per heavy atom. The van der Waals surface area contributed by atoms with Crippen LogP contribution in [0.15, 0.2) is 29.8 Å². The van der Waals surface area contributed by atoms with Crippen LogP contribution in [0.4, 0.5) is 4.39 Å². The van der Waals surface area contributed by atoms with Crippen LogP contribution >= 0.6 is 11.3 Å². The van der Waals surface area contributed by atoms with Gasteiger partial charge in [-0.05, 0) is 19.9 Å². The number of aryl methyl sites for hydroxylation is 1. The first-order valence-corrected chi connectivity index (χ1v) is 8.01. The lowest BCUT2D eigenvalue weighted by atomic mass is 9.99. The fourth-order valence-corrected chi connectivity index (χ4v) is 3.01. The van der Waals surface area contributed by atoms with Crippen LogP contribution in [0.25, 0.3) is 0 Å². The normalized spacial score (nSPS) is 13.6. The van der Waals surface area contributed by atoms with Crippen molar-refractivity contribution in [1.82, 2.24) is 15.6 Å². The number of rotatable bonds is 6. The van der Waals surface area contributed by atoms with Gasteiger partial charge in [0.2, 0.25) is 5.91 Å². The van der Waals surface area contributed by atoms with Crippen LogP contribution in [0.5, 0.6) is 0 Å². The average molecular weight is 321 g/mol. The van der Waals surface area contributed by atoms with Gasteiger partial charge in [0.1, 0.15) is 5.82 Å². The van der Waals surface area contributed by atoms with Gasteiger partial charge in [0.25, 0.3) is 0 Å². The minimum Gasteiger partial charge on any atom is -0.348 e. The lowest BCUT2D eigenvalue weighted by molar-refractivity contribution is -0.119. The Morgan fingerprint density at radius 3 is 2.73 bits per heavy atom. The number of benzene rings is 1. The molecule has 0 saturated heterocycles. The van der Waals surface area contributed by atoms with E-state index in [1.165, 1.54) is 13.0 Å². The molecule has 0 aliphatic rings. The Balaban J connectivity index is 2.13. The van der Waals surface area contributed by atoms with E-state index in [9.17, 15) is 9.18 Å². The smallest absolute Gasteiger partial charge is 0.217 e.